The minimum Gasteiger partial charge on any atom is -0.318 e. The topological polar surface area (TPSA) is 46.3 Å². The van der Waals surface area contributed by atoms with E-state index in [-0.39, 0.29) is 11.9 Å². The molecule has 1 aromatic carbocycles. The smallest absolute Gasteiger partial charge is 0.245 e. The van der Waals surface area contributed by atoms with Crippen LogP contribution >= 0.6 is 0 Å². The second-order valence-corrected chi connectivity index (χ2v) is 2.89. The number of amides is 1. The van der Waals surface area contributed by atoms with Gasteiger partial charge in [0.25, 0.3) is 0 Å². The van der Waals surface area contributed by atoms with Crippen LogP contribution in [0.4, 0.5) is 5.69 Å². The maximum Gasteiger partial charge on any atom is 0.245 e. The van der Waals surface area contributed by atoms with E-state index in [0.717, 1.165) is 5.69 Å². The van der Waals surface area contributed by atoms with Crippen molar-refractivity contribution in [1.29, 1.82) is 0 Å². The number of hydrogen-bond donors (Lipinski definition) is 1. The Kier molecular flexibility index (Phi) is 1.59. The Balaban J connectivity index is 2.19. The van der Waals surface area contributed by atoms with Crippen LogP contribution in [0.25, 0.3) is 0 Å². The normalized spacial score (nSPS) is 22.2. The molecule has 1 atom stereocenters. The van der Waals surface area contributed by atoms with Gasteiger partial charge in [-0.15, -0.1) is 0 Å². The lowest BCUT2D eigenvalue weighted by Crippen LogP contribution is -2.61. The minimum atomic E-state index is -0.287. The molecule has 62 valence electrons. The van der Waals surface area contributed by atoms with Gasteiger partial charge in [-0.1, -0.05) is 18.2 Å². The summed E-state index contributed by atoms with van der Waals surface area (Å²) >= 11 is 0. The van der Waals surface area contributed by atoms with Gasteiger partial charge in [-0.25, -0.2) is 0 Å². The molecule has 1 saturated heterocycles. The molecule has 0 unspecified atom stereocenters. The van der Waals surface area contributed by atoms with Crippen molar-refractivity contribution < 1.29 is 4.79 Å². The maximum absolute atomic E-state index is 11.2. The molecule has 0 bridgehead atoms. The summed E-state index contributed by atoms with van der Waals surface area (Å²) in [5.41, 5.74) is 6.39. The zero-order valence-electron chi connectivity index (χ0n) is 6.60. The SMILES string of the molecule is N[C@H]1CN(c2ccccc2)C1=O. The van der Waals surface area contributed by atoms with Crippen molar-refractivity contribution in [2.24, 2.45) is 5.73 Å². The Labute approximate surface area is 70.8 Å². The van der Waals surface area contributed by atoms with E-state index in [2.05, 4.69) is 0 Å². The summed E-state index contributed by atoms with van der Waals surface area (Å²) in [5.74, 6) is 0.0150. The highest BCUT2D eigenvalue weighted by Gasteiger charge is 2.34. The maximum atomic E-state index is 11.2. The van der Waals surface area contributed by atoms with Crippen molar-refractivity contribution in [2.45, 2.75) is 6.04 Å². The molecule has 0 aliphatic carbocycles. The Morgan fingerprint density at radius 2 is 2.00 bits per heavy atom. The van der Waals surface area contributed by atoms with E-state index in [0.29, 0.717) is 6.54 Å². The average Bonchev–Trinajstić information content (AvgIpc) is 2.15. The van der Waals surface area contributed by atoms with Gasteiger partial charge in [-0.05, 0) is 12.1 Å². The van der Waals surface area contributed by atoms with Crippen molar-refractivity contribution >= 4 is 11.6 Å². The quantitative estimate of drug-likeness (QED) is 0.606. The summed E-state index contributed by atoms with van der Waals surface area (Å²) < 4.78 is 0. The molecule has 1 aromatic rings. The van der Waals surface area contributed by atoms with Crippen LogP contribution in [0, 0.1) is 0 Å². The van der Waals surface area contributed by atoms with Gasteiger partial charge in [0.2, 0.25) is 5.91 Å². The number of para-hydroxylation sites is 1. The Morgan fingerprint density at radius 3 is 2.50 bits per heavy atom. The predicted molar refractivity (Wildman–Crippen MR) is 46.8 cm³/mol. The van der Waals surface area contributed by atoms with E-state index in [4.69, 9.17) is 5.73 Å². The highest BCUT2D eigenvalue weighted by Crippen LogP contribution is 2.19. The molecule has 0 saturated carbocycles. The molecule has 1 heterocycles. The van der Waals surface area contributed by atoms with Gasteiger partial charge in [0.15, 0.2) is 0 Å². The van der Waals surface area contributed by atoms with Crippen LogP contribution in [0.2, 0.25) is 0 Å². The molecule has 12 heavy (non-hydrogen) atoms. The highest BCUT2D eigenvalue weighted by atomic mass is 16.2. The zero-order valence-corrected chi connectivity index (χ0v) is 6.60. The molecule has 0 radical (unpaired) electrons. The molecule has 3 nitrogen and oxygen atoms in total. The highest BCUT2D eigenvalue weighted by molar-refractivity contribution is 6.03. The van der Waals surface area contributed by atoms with Crippen LogP contribution in [-0.4, -0.2) is 18.5 Å². The molecular formula is C9H10N2O. The molecular weight excluding hydrogens is 152 g/mol. The molecule has 1 aliphatic heterocycles. The van der Waals surface area contributed by atoms with E-state index in [1.54, 1.807) is 4.90 Å². The van der Waals surface area contributed by atoms with Crippen LogP contribution < -0.4 is 10.6 Å². The number of hydrogen-bond acceptors (Lipinski definition) is 2. The summed E-state index contributed by atoms with van der Waals surface area (Å²) in [7, 11) is 0. The van der Waals surface area contributed by atoms with Crippen molar-refractivity contribution in [3.8, 4) is 0 Å². The second kappa shape index (κ2) is 2.60. The van der Waals surface area contributed by atoms with E-state index in [1.165, 1.54) is 0 Å². The average molecular weight is 162 g/mol. The van der Waals surface area contributed by atoms with E-state index in [9.17, 15) is 4.79 Å². The van der Waals surface area contributed by atoms with Gasteiger partial charge < -0.3 is 10.6 Å². The third kappa shape index (κ3) is 0.987. The van der Waals surface area contributed by atoms with E-state index < -0.39 is 0 Å². The number of β-lactam (4-membered cyclic amide) rings is 1. The Bertz CT molecular complexity index is 297. The molecule has 0 aromatic heterocycles. The first-order valence-corrected chi connectivity index (χ1v) is 3.91. The fraction of sp³-hybridized carbons (Fsp3) is 0.222. The molecule has 1 amide bonds. The van der Waals surface area contributed by atoms with E-state index >= 15 is 0 Å². The third-order valence-corrected chi connectivity index (χ3v) is 2.03. The number of benzene rings is 1. The molecule has 1 fully saturated rings. The predicted octanol–water partition coefficient (Wildman–Crippen LogP) is 0.360. The van der Waals surface area contributed by atoms with Crippen molar-refractivity contribution in [2.75, 3.05) is 11.4 Å². The summed E-state index contributed by atoms with van der Waals surface area (Å²) in [4.78, 5) is 12.8. The van der Waals surface area contributed by atoms with Gasteiger partial charge in [0.1, 0.15) is 6.04 Å². The largest absolute Gasteiger partial charge is 0.318 e. The fourth-order valence-electron chi connectivity index (χ4n) is 1.29. The van der Waals surface area contributed by atoms with Gasteiger partial charge in [-0.3, -0.25) is 4.79 Å². The lowest BCUT2D eigenvalue weighted by Gasteiger charge is -2.35. The van der Waals surface area contributed by atoms with Crippen molar-refractivity contribution in [3.63, 3.8) is 0 Å². The number of carbonyl (C=O) groups excluding carboxylic acids is 1. The van der Waals surface area contributed by atoms with Crippen LogP contribution in [0.15, 0.2) is 30.3 Å². The van der Waals surface area contributed by atoms with Gasteiger partial charge >= 0.3 is 0 Å². The lowest BCUT2D eigenvalue weighted by atomic mass is 10.1. The van der Waals surface area contributed by atoms with Crippen molar-refractivity contribution in [1.82, 2.24) is 0 Å². The number of rotatable bonds is 1. The van der Waals surface area contributed by atoms with Crippen LogP contribution in [-0.2, 0) is 4.79 Å². The molecule has 1 aliphatic rings. The number of nitrogens with zero attached hydrogens (tertiary/aromatic N) is 1. The molecule has 2 N–H and O–H groups in total. The first-order valence-electron chi connectivity index (χ1n) is 3.91. The third-order valence-electron chi connectivity index (χ3n) is 2.03. The van der Waals surface area contributed by atoms with Gasteiger partial charge in [0, 0.05) is 5.69 Å². The van der Waals surface area contributed by atoms with Crippen LogP contribution in [0.1, 0.15) is 0 Å². The van der Waals surface area contributed by atoms with Crippen LogP contribution in [0.5, 0.6) is 0 Å². The van der Waals surface area contributed by atoms with Gasteiger partial charge in [0.05, 0.1) is 6.54 Å². The standard InChI is InChI=1S/C9H10N2O/c10-8-6-11(9(8)12)7-4-2-1-3-5-7/h1-5,8H,6,10H2/t8-/m0/s1. The van der Waals surface area contributed by atoms with E-state index in [1.807, 2.05) is 30.3 Å². The number of carbonyl (C=O) groups is 1. The van der Waals surface area contributed by atoms with Gasteiger partial charge in [-0.2, -0.15) is 0 Å². The van der Waals surface area contributed by atoms with Crippen molar-refractivity contribution in [3.05, 3.63) is 30.3 Å². The molecule has 3 heteroatoms. The zero-order chi connectivity index (χ0) is 8.55. The summed E-state index contributed by atoms with van der Waals surface area (Å²) in [6, 6.07) is 9.27. The molecule has 0 spiro atoms. The Hall–Kier alpha value is -1.35. The second-order valence-electron chi connectivity index (χ2n) is 2.89. The summed E-state index contributed by atoms with van der Waals surface area (Å²) in [6.45, 7) is 0.642. The lowest BCUT2D eigenvalue weighted by molar-refractivity contribution is -0.123. The fourth-order valence-corrected chi connectivity index (χ4v) is 1.29. The summed E-state index contributed by atoms with van der Waals surface area (Å²) in [6.07, 6.45) is 0. The first kappa shape index (κ1) is 7.31. The van der Waals surface area contributed by atoms with Crippen LogP contribution in [0.3, 0.4) is 0 Å². The summed E-state index contributed by atoms with van der Waals surface area (Å²) in [5, 5.41) is 0. The molecule has 2 rings (SSSR count). The number of anilines is 1. The first-order chi connectivity index (χ1) is 5.79. The monoisotopic (exact) mass is 162 g/mol. The Morgan fingerprint density at radius 1 is 1.33 bits per heavy atom. The number of nitrogens with two attached hydrogens (primary N) is 1. The minimum absolute atomic E-state index is 0.0150.